The van der Waals surface area contributed by atoms with E-state index in [-0.39, 0.29) is 0 Å². The van der Waals surface area contributed by atoms with E-state index in [1.165, 1.54) is 72.3 Å². The summed E-state index contributed by atoms with van der Waals surface area (Å²) in [4.78, 5) is 0. The lowest BCUT2D eigenvalue weighted by molar-refractivity contribution is 0.458. The second kappa shape index (κ2) is 10.1. The van der Waals surface area contributed by atoms with Crippen molar-refractivity contribution < 1.29 is 0 Å². The number of nitrogens with zero attached hydrogens (tertiary/aromatic N) is 1. The Morgan fingerprint density at radius 2 is 1.58 bits per heavy atom. The van der Waals surface area contributed by atoms with Gasteiger partial charge in [-0.3, -0.25) is 0 Å². The van der Waals surface area contributed by atoms with Gasteiger partial charge in [-0.2, -0.15) is 0 Å². The summed E-state index contributed by atoms with van der Waals surface area (Å²) < 4.78 is 2.40. The molecule has 1 N–H and O–H groups in total. The van der Waals surface area contributed by atoms with Gasteiger partial charge in [0.15, 0.2) is 0 Å². The molecule has 1 aliphatic rings. The fourth-order valence-electron chi connectivity index (χ4n) is 4.75. The quantitative estimate of drug-likeness (QED) is 0.388. The largest absolute Gasteiger partial charge is 0.314 e. The second-order valence-electron chi connectivity index (χ2n) is 9.30. The van der Waals surface area contributed by atoms with Gasteiger partial charge in [-0.05, 0) is 72.7 Å². The fourth-order valence-corrected chi connectivity index (χ4v) is 4.88. The van der Waals surface area contributed by atoms with Crippen LogP contribution in [-0.2, 0) is 6.54 Å². The molecule has 31 heavy (non-hydrogen) atoms. The highest BCUT2D eigenvalue weighted by atomic mass is 35.5. The molecular formula is C28H35ClN2. The number of benzene rings is 2. The zero-order valence-corrected chi connectivity index (χ0v) is 19.9. The van der Waals surface area contributed by atoms with Crippen molar-refractivity contribution in [3.05, 3.63) is 76.4 Å². The summed E-state index contributed by atoms with van der Waals surface area (Å²) in [6, 6.07) is 20.2. The highest BCUT2D eigenvalue weighted by molar-refractivity contribution is 6.30. The van der Waals surface area contributed by atoms with Crippen molar-refractivity contribution in [3.63, 3.8) is 0 Å². The van der Waals surface area contributed by atoms with E-state index < -0.39 is 0 Å². The third-order valence-corrected chi connectivity index (χ3v) is 7.00. The molecule has 1 heterocycles. The third kappa shape index (κ3) is 5.25. The van der Waals surface area contributed by atoms with Gasteiger partial charge in [0.05, 0.1) is 5.69 Å². The van der Waals surface area contributed by atoms with Crippen molar-refractivity contribution in [3.8, 4) is 16.9 Å². The Hall–Kier alpha value is -2.03. The lowest BCUT2D eigenvalue weighted by atomic mass is 10.0. The molecule has 3 aromatic rings. The average molecular weight is 435 g/mol. The second-order valence-corrected chi connectivity index (χ2v) is 9.73. The standard InChI is InChI=1S/C28H35ClN2/c1-20(2)22-12-16-27(17-13-22)31-21(3)24(19-30-26-8-6-4-5-7-9-26)18-28(31)23-10-14-25(29)15-11-23/h10-18,20,26,30H,4-9,19H2,1-3H3. The van der Waals surface area contributed by atoms with Crippen LogP contribution in [0.5, 0.6) is 0 Å². The van der Waals surface area contributed by atoms with Gasteiger partial charge in [-0.15, -0.1) is 0 Å². The van der Waals surface area contributed by atoms with Crippen LogP contribution < -0.4 is 5.32 Å². The molecule has 2 aromatic carbocycles. The average Bonchev–Trinajstić information content (AvgIpc) is 2.93. The van der Waals surface area contributed by atoms with Crippen LogP contribution in [-0.4, -0.2) is 10.6 Å². The lowest BCUT2D eigenvalue weighted by Gasteiger charge is -2.17. The van der Waals surface area contributed by atoms with Gasteiger partial charge < -0.3 is 9.88 Å². The van der Waals surface area contributed by atoms with Crippen LogP contribution in [0, 0.1) is 6.92 Å². The molecule has 1 aromatic heterocycles. The van der Waals surface area contributed by atoms with Crippen molar-refractivity contribution >= 4 is 11.6 Å². The van der Waals surface area contributed by atoms with Crippen LogP contribution in [0.3, 0.4) is 0 Å². The maximum Gasteiger partial charge on any atom is 0.0534 e. The van der Waals surface area contributed by atoms with Crippen LogP contribution in [0.1, 0.15) is 75.1 Å². The SMILES string of the molecule is Cc1c(CNC2CCCCCC2)cc(-c2ccc(Cl)cc2)n1-c1ccc(C(C)C)cc1. The van der Waals surface area contributed by atoms with E-state index in [2.05, 4.69) is 73.1 Å². The molecule has 4 rings (SSSR count). The Bertz CT molecular complexity index is 975. The zero-order valence-electron chi connectivity index (χ0n) is 19.1. The van der Waals surface area contributed by atoms with Gasteiger partial charge in [0.2, 0.25) is 0 Å². The molecule has 164 valence electrons. The van der Waals surface area contributed by atoms with E-state index >= 15 is 0 Å². The van der Waals surface area contributed by atoms with E-state index in [1.54, 1.807) is 0 Å². The molecule has 2 nitrogen and oxygen atoms in total. The van der Waals surface area contributed by atoms with Crippen molar-refractivity contribution in [1.29, 1.82) is 0 Å². The summed E-state index contributed by atoms with van der Waals surface area (Å²) in [5.74, 6) is 0.537. The normalized spacial score (nSPS) is 15.4. The van der Waals surface area contributed by atoms with Crippen molar-refractivity contribution in [2.45, 2.75) is 77.8 Å². The summed E-state index contributed by atoms with van der Waals surface area (Å²) in [7, 11) is 0. The number of hydrogen-bond acceptors (Lipinski definition) is 1. The molecule has 0 atom stereocenters. The topological polar surface area (TPSA) is 17.0 Å². The first-order valence-electron chi connectivity index (χ1n) is 11.8. The van der Waals surface area contributed by atoms with Crippen molar-refractivity contribution in [2.24, 2.45) is 0 Å². The minimum Gasteiger partial charge on any atom is -0.314 e. The maximum atomic E-state index is 6.17. The van der Waals surface area contributed by atoms with E-state index in [1.807, 2.05) is 12.1 Å². The van der Waals surface area contributed by atoms with Gasteiger partial charge in [0, 0.05) is 29.0 Å². The minimum absolute atomic E-state index is 0.537. The number of aromatic nitrogens is 1. The molecule has 3 heteroatoms. The van der Waals surface area contributed by atoms with Crippen molar-refractivity contribution in [1.82, 2.24) is 9.88 Å². The molecular weight excluding hydrogens is 400 g/mol. The summed E-state index contributed by atoms with van der Waals surface area (Å²) in [6.45, 7) is 7.66. The molecule has 0 aliphatic heterocycles. The molecule has 1 saturated carbocycles. The number of hydrogen-bond donors (Lipinski definition) is 1. The van der Waals surface area contributed by atoms with E-state index in [0.717, 1.165) is 11.6 Å². The minimum atomic E-state index is 0.537. The summed E-state index contributed by atoms with van der Waals surface area (Å²) in [5, 5.41) is 4.63. The molecule has 0 amide bonds. The Balaban J connectivity index is 1.68. The summed E-state index contributed by atoms with van der Waals surface area (Å²) in [5.41, 5.74) is 7.69. The lowest BCUT2D eigenvalue weighted by Crippen LogP contribution is -2.28. The van der Waals surface area contributed by atoms with Crippen LogP contribution in [0.2, 0.25) is 5.02 Å². The Morgan fingerprint density at radius 1 is 0.935 bits per heavy atom. The number of rotatable bonds is 6. The zero-order chi connectivity index (χ0) is 21.8. The van der Waals surface area contributed by atoms with Crippen LogP contribution in [0.15, 0.2) is 54.6 Å². The van der Waals surface area contributed by atoms with E-state index in [9.17, 15) is 0 Å². The summed E-state index contributed by atoms with van der Waals surface area (Å²) in [6.07, 6.45) is 8.11. The van der Waals surface area contributed by atoms with E-state index in [0.29, 0.717) is 12.0 Å². The molecule has 1 fully saturated rings. The highest BCUT2D eigenvalue weighted by Crippen LogP contribution is 2.31. The fraction of sp³-hybridized carbons (Fsp3) is 0.429. The molecule has 0 unspecified atom stereocenters. The first-order chi connectivity index (χ1) is 15.0. The summed E-state index contributed by atoms with van der Waals surface area (Å²) >= 11 is 6.17. The van der Waals surface area contributed by atoms with Gasteiger partial charge in [-0.1, -0.05) is 75.4 Å². The highest BCUT2D eigenvalue weighted by Gasteiger charge is 2.17. The van der Waals surface area contributed by atoms with Gasteiger partial charge in [0.1, 0.15) is 0 Å². The molecule has 0 spiro atoms. The monoisotopic (exact) mass is 434 g/mol. The van der Waals surface area contributed by atoms with Crippen LogP contribution in [0.25, 0.3) is 16.9 Å². The Labute approximate surface area is 192 Å². The van der Waals surface area contributed by atoms with Gasteiger partial charge in [-0.25, -0.2) is 0 Å². The molecule has 0 bridgehead atoms. The first kappa shape index (κ1) is 22.2. The number of nitrogens with one attached hydrogen (secondary N) is 1. The van der Waals surface area contributed by atoms with Gasteiger partial charge in [0.25, 0.3) is 0 Å². The first-order valence-corrected chi connectivity index (χ1v) is 12.2. The molecule has 0 saturated heterocycles. The Morgan fingerprint density at radius 3 is 2.19 bits per heavy atom. The van der Waals surface area contributed by atoms with Gasteiger partial charge >= 0.3 is 0 Å². The predicted molar refractivity (Wildman–Crippen MR) is 133 cm³/mol. The molecule has 0 radical (unpaired) electrons. The van der Waals surface area contributed by atoms with Crippen LogP contribution in [0.4, 0.5) is 0 Å². The van der Waals surface area contributed by atoms with Crippen molar-refractivity contribution in [2.75, 3.05) is 0 Å². The third-order valence-electron chi connectivity index (χ3n) is 6.75. The smallest absolute Gasteiger partial charge is 0.0534 e. The predicted octanol–water partition coefficient (Wildman–Crippen LogP) is 8.04. The molecule has 1 aliphatic carbocycles. The Kier molecular flexibility index (Phi) is 7.20. The van der Waals surface area contributed by atoms with E-state index in [4.69, 9.17) is 11.6 Å². The van der Waals surface area contributed by atoms with Crippen LogP contribution >= 0.6 is 11.6 Å². The maximum absolute atomic E-state index is 6.17. The number of halogens is 1.